The maximum Gasteiger partial charge on any atom is 0.161 e. The quantitative estimate of drug-likeness (QED) is 0.775. The van der Waals surface area contributed by atoms with Gasteiger partial charge in [0.2, 0.25) is 0 Å². The molecule has 0 spiro atoms. The van der Waals surface area contributed by atoms with Crippen molar-refractivity contribution in [3.8, 4) is 11.5 Å². The maximum absolute atomic E-state index is 5.44. The van der Waals surface area contributed by atoms with Gasteiger partial charge in [-0.1, -0.05) is 18.2 Å². The van der Waals surface area contributed by atoms with Crippen LogP contribution in [0.15, 0.2) is 77.1 Å². The number of ether oxygens (including phenoxy) is 2. The molecule has 0 atom stereocenters. The van der Waals surface area contributed by atoms with Crippen LogP contribution in [0.4, 0.5) is 5.69 Å². The molecule has 1 aliphatic rings. The molecule has 0 saturated heterocycles. The molecule has 1 N–H and O–H groups in total. The van der Waals surface area contributed by atoms with Crippen LogP contribution in [0.3, 0.4) is 0 Å². The average molecular weight is 358 g/mol. The first-order valence-corrected chi connectivity index (χ1v) is 8.44. The minimum atomic E-state index is 0.644. The van der Waals surface area contributed by atoms with E-state index in [2.05, 4.69) is 15.5 Å². The van der Waals surface area contributed by atoms with Crippen molar-refractivity contribution in [3.63, 3.8) is 0 Å². The molecule has 27 heavy (non-hydrogen) atoms. The van der Waals surface area contributed by atoms with Crippen LogP contribution in [0, 0.1) is 0 Å². The van der Waals surface area contributed by atoms with Crippen LogP contribution < -0.4 is 14.9 Å². The third-order valence-corrected chi connectivity index (χ3v) is 4.26. The van der Waals surface area contributed by atoms with Gasteiger partial charge in [-0.25, -0.2) is 4.99 Å². The highest BCUT2D eigenvalue weighted by atomic mass is 16.5. The maximum atomic E-state index is 5.44. The highest BCUT2D eigenvalue weighted by Crippen LogP contribution is 2.31. The normalized spacial score (nSPS) is 12.8. The van der Waals surface area contributed by atoms with Gasteiger partial charge in [-0.2, -0.15) is 5.10 Å². The van der Waals surface area contributed by atoms with Crippen LogP contribution in [0.25, 0.3) is 0 Å². The molecule has 0 saturated carbocycles. The van der Waals surface area contributed by atoms with Gasteiger partial charge in [0.1, 0.15) is 5.71 Å². The summed E-state index contributed by atoms with van der Waals surface area (Å²) in [6.07, 6.45) is 3.48. The fraction of sp³-hybridized carbons (Fsp3) is 0.0952. The number of benzene rings is 2. The topological polar surface area (TPSA) is 68.1 Å². The lowest BCUT2D eigenvalue weighted by molar-refractivity contribution is 0.355. The van der Waals surface area contributed by atoms with Crippen LogP contribution in [0.1, 0.15) is 16.7 Å². The fourth-order valence-electron chi connectivity index (χ4n) is 2.92. The molecule has 1 aromatic heterocycles. The third kappa shape index (κ3) is 3.25. The number of methoxy groups -OCH3 is 2. The molecule has 6 nitrogen and oxygen atoms in total. The zero-order valence-electron chi connectivity index (χ0n) is 15.0. The van der Waals surface area contributed by atoms with Crippen molar-refractivity contribution >= 4 is 17.2 Å². The van der Waals surface area contributed by atoms with Gasteiger partial charge in [0.25, 0.3) is 0 Å². The molecule has 0 aliphatic carbocycles. The Morgan fingerprint density at radius 1 is 0.852 bits per heavy atom. The van der Waals surface area contributed by atoms with Gasteiger partial charge in [0, 0.05) is 29.1 Å². The van der Waals surface area contributed by atoms with E-state index >= 15 is 0 Å². The number of nitrogens with zero attached hydrogens (tertiary/aromatic N) is 3. The van der Waals surface area contributed by atoms with E-state index in [0.717, 1.165) is 28.1 Å². The van der Waals surface area contributed by atoms with E-state index < -0.39 is 0 Å². The number of para-hydroxylation sites is 1. The summed E-state index contributed by atoms with van der Waals surface area (Å²) in [5, 5.41) is 4.64. The number of aromatic nitrogens is 1. The Morgan fingerprint density at radius 2 is 1.70 bits per heavy atom. The zero-order chi connectivity index (χ0) is 18.6. The predicted octanol–water partition coefficient (Wildman–Crippen LogP) is 3.53. The van der Waals surface area contributed by atoms with E-state index in [0.29, 0.717) is 17.3 Å². The monoisotopic (exact) mass is 358 g/mol. The molecule has 0 radical (unpaired) electrons. The van der Waals surface area contributed by atoms with Crippen LogP contribution in [0.5, 0.6) is 11.5 Å². The van der Waals surface area contributed by atoms with E-state index in [-0.39, 0.29) is 0 Å². The summed E-state index contributed by atoms with van der Waals surface area (Å²) in [5.74, 6) is 1.96. The number of hydrogen-bond acceptors (Lipinski definition) is 6. The first-order valence-electron chi connectivity index (χ1n) is 8.44. The van der Waals surface area contributed by atoms with Gasteiger partial charge < -0.3 is 9.47 Å². The molecule has 6 heteroatoms. The number of nitrogens with one attached hydrogen (secondary N) is 1. The average Bonchev–Trinajstić information content (AvgIpc) is 2.93. The molecule has 2 heterocycles. The smallest absolute Gasteiger partial charge is 0.161 e. The van der Waals surface area contributed by atoms with Crippen molar-refractivity contribution in [2.75, 3.05) is 14.2 Å². The zero-order valence-corrected chi connectivity index (χ0v) is 15.0. The number of fused-ring (bicyclic) bond motifs is 1. The molecule has 0 fully saturated rings. The third-order valence-electron chi connectivity index (χ3n) is 4.26. The minimum absolute atomic E-state index is 0.644. The summed E-state index contributed by atoms with van der Waals surface area (Å²) in [7, 11) is 3.23. The van der Waals surface area contributed by atoms with Crippen molar-refractivity contribution in [1.82, 2.24) is 10.4 Å². The SMILES string of the molecule is COc1ccc(C2=NNC(c3cccnc3)=Nc3ccccc32)cc1OC. The van der Waals surface area contributed by atoms with Crippen LogP contribution in [0.2, 0.25) is 0 Å². The van der Waals surface area contributed by atoms with E-state index in [9.17, 15) is 0 Å². The summed E-state index contributed by atoms with van der Waals surface area (Å²) in [6, 6.07) is 17.4. The van der Waals surface area contributed by atoms with Gasteiger partial charge >= 0.3 is 0 Å². The lowest BCUT2D eigenvalue weighted by Crippen LogP contribution is -2.19. The van der Waals surface area contributed by atoms with E-state index in [4.69, 9.17) is 14.5 Å². The second-order valence-corrected chi connectivity index (χ2v) is 5.86. The molecule has 0 bridgehead atoms. The second kappa shape index (κ2) is 7.29. The van der Waals surface area contributed by atoms with E-state index in [1.807, 2.05) is 54.6 Å². The van der Waals surface area contributed by atoms with Crippen LogP contribution in [-0.2, 0) is 0 Å². The highest BCUT2D eigenvalue weighted by molar-refractivity contribution is 6.18. The Kier molecular flexibility index (Phi) is 4.53. The number of hydrogen-bond donors (Lipinski definition) is 1. The summed E-state index contributed by atoms with van der Waals surface area (Å²) >= 11 is 0. The van der Waals surface area contributed by atoms with Gasteiger partial charge in [0.05, 0.1) is 19.9 Å². The predicted molar refractivity (Wildman–Crippen MR) is 105 cm³/mol. The molecule has 0 amide bonds. The Hall–Kier alpha value is -3.67. The Labute approximate surface area is 157 Å². The van der Waals surface area contributed by atoms with Crippen molar-refractivity contribution in [2.24, 2.45) is 10.1 Å². The number of aliphatic imine (C=N–C) groups is 1. The number of hydrazone groups is 1. The van der Waals surface area contributed by atoms with Crippen molar-refractivity contribution in [2.45, 2.75) is 0 Å². The number of pyridine rings is 1. The van der Waals surface area contributed by atoms with Gasteiger partial charge in [-0.3, -0.25) is 10.4 Å². The van der Waals surface area contributed by atoms with Crippen molar-refractivity contribution in [1.29, 1.82) is 0 Å². The first-order chi connectivity index (χ1) is 13.3. The summed E-state index contributed by atoms with van der Waals surface area (Å²) in [6.45, 7) is 0. The molecule has 3 aromatic rings. The molecular formula is C21H18N4O2. The van der Waals surface area contributed by atoms with Gasteiger partial charge in [-0.05, 0) is 36.4 Å². The highest BCUT2D eigenvalue weighted by Gasteiger charge is 2.18. The Bertz CT molecular complexity index is 1030. The van der Waals surface area contributed by atoms with Crippen LogP contribution >= 0.6 is 0 Å². The first kappa shape index (κ1) is 16.8. The molecule has 4 rings (SSSR count). The molecule has 2 aromatic carbocycles. The van der Waals surface area contributed by atoms with E-state index in [1.165, 1.54) is 0 Å². The summed E-state index contributed by atoms with van der Waals surface area (Å²) in [4.78, 5) is 8.92. The Morgan fingerprint density at radius 3 is 2.48 bits per heavy atom. The van der Waals surface area contributed by atoms with Crippen LogP contribution in [-0.4, -0.2) is 30.8 Å². The van der Waals surface area contributed by atoms with E-state index in [1.54, 1.807) is 26.6 Å². The molecule has 1 aliphatic heterocycles. The number of rotatable bonds is 4. The molecule has 0 unspecified atom stereocenters. The number of amidine groups is 1. The lowest BCUT2D eigenvalue weighted by atomic mass is 10.0. The summed E-state index contributed by atoms with van der Waals surface area (Å²) in [5.41, 5.74) is 7.38. The standard InChI is InChI=1S/C21H18N4O2/c1-26-18-10-9-14(12-19(18)27-2)20-16-7-3-4-8-17(16)23-21(25-24-20)15-6-5-11-22-13-15/h3-13H,1-2H3,(H,23,25). The largest absolute Gasteiger partial charge is 0.493 e. The Balaban J connectivity index is 1.83. The minimum Gasteiger partial charge on any atom is -0.493 e. The molecular weight excluding hydrogens is 340 g/mol. The van der Waals surface area contributed by atoms with Crippen molar-refractivity contribution in [3.05, 3.63) is 83.7 Å². The fourth-order valence-corrected chi connectivity index (χ4v) is 2.92. The van der Waals surface area contributed by atoms with Gasteiger partial charge in [-0.15, -0.1) is 0 Å². The molecule has 134 valence electrons. The lowest BCUT2D eigenvalue weighted by Gasteiger charge is -2.11. The van der Waals surface area contributed by atoms with Gasteiger partial charge in [0.15, 0.2) is 17.3 Å². The summed E-state index contributed by atoms with van der Waals surface area (Å²) < 4.78 is 10.8. The second-order valence-electron chi connectivity index (χ2n) is 5.86. The van der Waals surface area contributed by atoms with Crippen molar-refractivity contribution < 1.29 is 9.47 Å².